The number of hydrogen-bond donors (Lipinski definition) is 0. The van der Waals surface area contributed by atoms with Gasteiger partial charge in [0.15, 0.2) is 0 Å². The average Bonchev–Trinajstić information content (AvgIpc) is 2.04. The molecule has 0 N–H and O–H groups in total. The van der Waals surface area contributed by atoms with E-state index in [0.29, 0.717) is 5.41 Å². The molecule has 0 nitrogen and oxygen atoms in total. The van der Waals surface area contributed by atoms with Crippen molar-refractivity contribution in [3.05, 3.63) is 0 Å². The Balaban J connectivity index is 2.45. The average molecular weight is 182 g/mol. The molecule has 0 heterocycles. The molecule has 0 radical (unpaired) electrons. The van der Waals surface area contributed by atoms with Crippen LogP contribution in [0.2, 0.25) is 0 Å². The molecule has 0 spiro atoms. The molecule has 0 saturated heterocycles. The summed E-state index contributed by atoms with van der Waals surface area (Å²) in [6.45, 7) is 9.65. The van der Waals surface area contributed by atoms with Crippen LogP contribution in [0.1, 0.15) is 66.2 Å². The van der Waals surface area contributed by atoms with Crippen molar-refractivity contribution in [3.63, 3.8) is 0 Å². The summed E-state index contributed by atoms with van der Waals surface area (Å²) in [6, 6.07) is 0. The van der Waals surface area contributed by atoms with Crippen LogP contribution in [0.25, 0.3) is 0 Å². The van der Waals surface area contributed by atoms with Gasteiger partial charge >= 0.3 is 0 Å². The van der Waals surface area contributed by atoms with Crippen molar-refractivity contribution in [2.75, 3.05) is 0 Å². The maximum atomic E-state index is 2.48. The second kappa shape index (κ2) is 4.48. The van der Waals surface area contributed by atoms with Gasteiger partial charge in [-0.2, -0.15) is 0 Å². The molecule has 1 rings (SSSR count). The quantitative estimate of drug-likeness (QED) is 0.596. The van der Waals surface area contributed by atoms with Crippen LogP contribution < -0.4 is 0 Å². The molecule has 0 aliphatic heterocycles. The summed E-state index contributed by atoms with van der Waals surface area (Å²) in [5.74, 6) is 1.86. The summed E-state index contributed by atoms with van der Waals surface area (Å²) in [4.78, 5) is 0. The summed E-state index contributed by atoms with van der Waals surface area (Å²) in [7, 11) is 0. The Labute approximate surface area is 84.1 Å². The minimum Gasteiger partial charge on any atom is -0.0628 e. The van der Waals surface area contributed by atoms with E-state index in [1.807, 2.05) is 0 Å². The molecule has 1 aliphatic rings. The zero-order chi connectivity index (χ0) is 9.90. The van der Waals surface area contributed by atoms with E-state index in [0.717, 1.165) is 11.8 Å². The zero-order valence-electron chi connectivity index (χ0n) is 9.90. The van der Waals surface area contributed by atoms with Crippen molar-refractivity contribution in [3.8, 4) is 0 Å². The van der Waals surface area contributed by atoms with Gasteiger partial charge in [0.1, 0.15) is 0 Å². The highest BCUT2D eigenvalue weighted by atomic mass is 14.4. The minimum atomic E-state index is 0.592. The highest BCUT2D eigenvalue weighted by molar-refractivity contribution is 4.81. The van der Waals surface area contributed by atoms with Gasteiger partial charge in [-0.1, -0.05) is 47.0 Å². The largest absolute Gasteiger partial charge is 0.0628 e. The predicted molar refractivity (Wildman–Crippen MR) is 59.8 cm³/mol. The lowest BCUT2D eigenvalue weighted by molar-refractivity contribution is 0.129. The molecule has 0 unspecified atom stereocenters. The minimum absolute atomic E-state index is 0.592. The van der Waals surface area contributed by atoms with Gasteiger partial charge < -0.3 is 0 Å². The molecule has 0 bridgehead atoms. The smallest absolute Gasteiger partial charge is 0.0323 e. The maximum absolute atomic E-state index is 2.48. The lowest BCUT2D eigenvalue weighted by Gasteiger charge is -2.38. The van der Waals surface area contributed by atoms with E-state index >= 15 is 0 Å². The molecule has 13 heavy (non-hydrogen) atoms. The Morgan fingerprint density at radius 2 is 1.62 bits per heavy atom. The second-order valence-electron chi connectivity index (χ2n) is 5.92. The first-order valence-electron chi connectivity index (χ1n) is 6.02. The molecule has 0 aromatic carbocycles. The summed E-state index contributed by atoms with van der Waals surface area (Å²) in [5, 5.41) is 0. The van der Waals surface area contributed by atoms with Crippen LogP contribution in [0.3, 0.4) is 0 Å². The summed E-state index contributed by atoms with van der Waals surface area (Å²) in [5.41, 5.74) is 0.592. The Bertz CT molecular complexity index is 138. The van der Waals surface area contributed by atoms with Crippen molar-refractivity contribution in [2.45, 2.75) is 66.2 Å². The van der Waals surface area contributed by atoms with Crippen molar-refractivity contribution in [2.24, 2.45) is 17.3 Å². The highest BCUT2D eigenvalue weighted by Crippen LogP contribution is 2.42. The zero-order valence-corrected chi connectivity index (χ0v) is 9.90. The lowest BCUT2D eigenvalue weighted by atomic mass is 9.67. The Kier molecular flexibility index (Phi) is 3.82. The third-order valence-corrected chi connectivity index (χ3v) is 3.64. The van der Waals surface area contributed by atoms with Crippen molar-refractivity contribution in [1.29, 1.82) is 0 Å². The lowest BCUT2D eigenvalue weighted by Crippen LogP contribution is -2.27. The SMILES string of the molecule is CC(C)CC(C)(C)C1CCCCC1. The van der Waals surface area contributed by atoms with E-state index < -0.39 is 0 Å². The van der Waals surface area contributed by atoms with Gasteiger partial charge in [-0.3, -0.25) is 0 Å². The summed E-state index contributed by atoms with van der Waals surface area (Å²) >= 11 is 0. The van der Waals surface area contributed by atoms with Crippen LogP contribution >= 0.6 is 0 Å². The van der Waals surface area contributed by atoms with Gasteiger partial charge in [-0.05, 0) is 36.5 Å². The van der Waals surface area contributed by atoms with E-state index in [9.17, 15) is 0 Å². The van der Waals surface area contributed by atoms with E-state index in [2.05, 4.69) is 27.7 Å². The van der Waals surface area contributed by atoms with Gasteiger partial charge in [-0.15, -0.1) is 0 Å². The van der Waals surface area contributed by atoms with Crippen molar-refractivity contribution >= 4 is 0 Å². The fraction of sp³-hybridized carbons (Fsp3) is 1.00. The van der Waals surface area contributed by atoms with Crippen molar-refractivity contribution < 1.29 is 0 Å². The van der Waals surface area contributed by atoms with Crippen LogP contribution in [0.4, 0.5) is 0 Å². The highest BCUT2D eigenvalue weighted by Gasteiger charge is 2.30. The molecular formula is C13H26. The number of rotatable bonds is 3. The molecule has 0 aromatic rings. The van der Waals surface area contributed by atoms with Gasteiger partial charge in [0.05, 0.1) is 0 Å². The van der Waals surface area contributed by atoms with E-state index in [4.69, 9.17) is 0 Å². The molecule has 0 atom stereocenters. The molecule has 1 saturated carbocycles. The van der Waals surface area contributed by atoms with Crippen molar-refractivity contribution in [1.82, 2.24) is 0 Å². The van der Waals surface area contributed by atoms with E-state index in [1.54, 1.807) is 0 Å². The van der Waals surface area contributed by atoms with Crippen LogP contribution in [0, 0.1) is 17.3 Å². The maximum Gasteiger partial charge on any atom is -0.0323 e. The third-order valence-electron chi connectivity index (χ3n) is 3.64. The van der Waals surface area contributed by atoms with Gasteiger partial charge in [0.2, 0.25) is 0 Å². The van der Waals surface area contributed by atoms with E-state index in [1.165, 1.54) is 38.5 Å². The third kappa shape index (κ3) is 3.32. The van der Waals surface area contributed by atoms with Crippen LogP contribution in [-0.4, -0.2) is 0 Å². The van der Waals surface area contributed by atoms with Gasteiger partial charge in [0.25, 0.3) is 0 Å². The van der Waals surface area contributed by atoms with Gasteiger partial charge in [0, 0.05) is 0 Å². The first kappa shape index (κ1) is 11.1. The standard InChI is InChI=1S/C13H26/c1-11(2)10-13(3,4)12-8-6-5-7-9-12/h11-12H,5-10H2,1-4H3. The Morgan fingerprint density at radius 3 is 2.08 bits per heavy atom. The topological polar surface area (TPSA) is 0 Å². The molecule has 0 heteroatoms. The Morgan fingerprint density at radius 1 is 1.08 bits per heavy atom. The predicted octanol–water partition coefficient (Wildman–Crippen LogP) is 4.64. The molecule has 0 amide bonds. The van der Waals surface area contributed by atoms with Crippen LogP contribution in [0.5, 0.6) is 0 Å². The Hall–Kier alpha value is 0. The molecular weight excluding hydrogens is 156 g/mol. The summed E-state index contributed by atoms with van der Waals surface area (Å²) < 4.78 is 0. The summed E-state index contributed by atoms with van der Waals surface area (Å²) in [6.07, 6.45) is 8.81. The first-order valence-corrected chi connectivity index (χ1v) is 6.02. The second-order valence-corrected chi connectivity index (χ2v) is 5.92. The van der Waals surface area contributed by atoms with E-state index in [-0.39, 0.29) is 0 Å². The number of hydrogen-bond acceptors (Lipinski definition) is 0. The first-order chi connectivity index (χ1) is 6.02. The monoisotopic (exact) mass is 182 g/mol. The fourth-order valence-corrected chi connectivity index (χ4v) is 3.10. The molecule has 0 aromatic heterocycles. The van der Waals surface area contributed by atoms with Crippen LogP contribution in [0.15, 0.2) is 0 Å². The molecule has 1 aliphatic carbocycles. The fourth-order valence-electron chi connectivity index (χ4n) is 3.10. The van der Waals surface area contributed by atoms with Gasteiger partial charge in [-0.25, -0.2) is 0 Å². The normalized spacial score (nSPS) is 21.0. The molecule has 1 fully saturated rings. The van der Waals surface area contributed by atoms with Crippen LogP contribution in [-0.2, 0) is 0 Å². The molecule has 78 valence electrons.